The highest BCUT2D eigenvalue weighted by Gasteiger charge is 2.30. The highest BCUT2D eigenvalue weighted by atomic mass is 16.7. The Labute approximate surface area is 121 Å². The Balaban J connectivity index is 0.000000361. The van der Waals surface area contributed by atoms with Gasteiger partial charge in [0.2, 0.25) is 0 Å². The Hall–Kier alpha value is -1.39. The molecular formula is C15H27NO4. The molecule has 1 heterocycles. The van der Waals surface area contributed by atoms with Crippen LogP contribution in [0.4, 0.5) is 0 Å². The molecule has 0 spiro atoms. The fourth-order valence-electron chi connectivity index (χ4n) is 2.28. The molecule has 0 atom stereocenters. The number of hydrogen-bond acceptors (Lipinski definition) is 4. The van der Waals surface area contributed by atoms with Gasteiger partial charge in [0.25, 0.3) is 11.8 Å². The highest BCUT2D eigenvalue weighted by Crippen LogP contribution is 2.35. The second kappa shape index (κ2) is 7.41. The molecule has 0 N–H and O–H groups in total. The van der Waals surface area contributed by atoms with Gasteiger partial charge in [-0.05, 0) is 17.3 Å². The van der Waals surface area contributed by atoms with Gasteiger partial charge in [0.15, 0.2) is 0 Å². The first-order chi connectivity index (χ1) is 9.02. The van der Waals surface area contributed by atoms with Crippen molar-refractivity contribution in [2.24, 2.45) is 10.8 Å². The molecule has 1 aliphatic heterocycles. The predicted molar refractivity (Wildman–Crippen MR) is 76.4 cm³/mol. The van der Waals surface area contributed by atoms with Crippen LogP contribution in [0.1, 0.15) is 67.2 Å². The van der Waals surface area contributed by atoms with E-state index < -0.39 is 11.8 Å². The van der Waals surface area contributed by atoms with Crippen LogP contribution in [0.25, 0.3) is 0 Å². The number of carbonyl (C=O) groups is 3. The van der Waals surface area contributed by atoms with Crippen molar-refractivity contribution in [3.8, 4) is 0 Å². The topological polar surface area (TPSA) is 63.7 Å². The minimum absolute atomic E-state index is 0.0567. The van der Waals surface area contributed by atoms with Crippen LogP contribution in [0, 0.1) is 10.8 Å². The zero-order valence-electron chi connectivity index (χ0n) is 13.5. The third-order valence-electron chi connectivity index (χ3n) is 3.12. The highest BCUT2D eigenvalue weighted by molar-refractivity contribution is 6.01. The van der Waals surface area contributed by atoms with E-state index in [1.807, 2.05) is 0 Å². The second-order valence-corrected chi connectivity index (χ2v) is 7.04. The van der Waals surface area contributed by atoms with Crippen molar-refractivity contribution in [2.75, 3.05) is 0 Å². The summed E-state index contributed by atoms with van der Waals surface area (Å²) >= 11 is 0. The Kier molecular flexibility index (Phi) is 6.89. The van der Waals surface area contributed by atoms with Crippen LogP contribution in [0.3, 0.4) is 0 Å². The Bertz CT molecular complexity index is 339. The average Bonchev–Trinajstić information content (AvgIpc) is 2.59. The number of nitrogens with zero attached hydrogens (tertiary/aromatic N) is 1. The monoisotopic (exact) mass is 285 g/mol. The lowest BCUT2D eigenvalue weighted by molar-refractivity contribution is -0.188. The molecule has 116 valence electrons. The number of imide groups is 1. The molecule has 1 saturated heterocycles. The van der Waals surface area contributed by atoms with E-state index in [1.165, 1.54) is 12.8 Å². The summed E-state index contributed by atoms with van der Waals surface area (Å²) in [6.45, 7) is 13.9. The fraction of sp³-hybridized carbons (Fsp3) is 0.800. The summed E-state index contributed by atoms with van der Waals surface area (Å²) in [7, 11) is 0. The van der Waals surface area contributed by atoms with Gasteiger partial charge in [-0.1, -0.05) is 48.0 Å². The van der Waals surface area contributed by atoms with Crippen LogP contribution in [0.2, 0.25) is 0 Å². The van der Waals surface area contributed by atoms with Gasteiger partial charge in [0.05, 0.1) is 0 Å². The first-order valence-corrected chi connectivity index (χ1v) is 6.98. The van der Waals surface area contributed by atoms with E-state index in [1.54, 1.807) is 0 Å². The Morgan fingerprint density at radius 1 is 1.10 bits per heavy atom. The van der Waals surface area contributed by atoms with Gasteiger partial charge in [-0.3, -0.25) is 14.4 Å². The molecule has 0 aromatic carbocycles. The van der Waals surface area contributed by atoms with E-state index in [9.17, 15) is 14.4 Å². The molecule has 0 unspecified atom stereocenters. The Morgan fingerprint density at radius 3 is 1.80 bits per heavy atom. The van der Waals surface area contributed by atoms with Gasteiger partial charge in [-0.15, -0.1) is 5.06 Å². The third-order valence-corrected chi connectivity index (χ3v) is 3.12. The molecule has 1 aliphatic rings. The van der Waals surface area contributed by atoms with Crippen molar-refractivity contribution in [2.45, 2.75) is 67.2 Å². The molecule has 0 bridgehead atoms. The third kappa shape index (κ3) is 7.26. The zero-order valence-corrected chi connectivity index (χ0v) is 13.5. The maximum atomic E-state index is 10.6. The largest absolute Gasteiger partial charge is 0.334 e. The smallest absolute Gasteiger partial charge is 0.321 e. The summed E-state index contributed by atoms with van der Waals surface area (Å²) in [6.07, 6.45) is 2.86. The summed E-state index contributed by atoms with van der Waals surface area (Å²) in [6, 6.07) is 0. The molecule has 1 fully saturated rings. The van der Waals surface area contributed by atoms with Gasteiger partial charge in [0.1, 0.15) is 0 Å². The van der Waals surface area contributed by atoms with E-state index in [4.69, 9.17) is 0 Å². The average molecular weight is 285 g/mol. The predicted octanol–water partition coefficient (Wildman–Crippen LogP) is 3.08. The molecule has 0 aliphatic carbocycles. The maximum Gasteiger partial charge on any atom is 0.321 e. The van der Waals surface area contributed by atoms with Crippen LogP contribution >= 0.6 is 0 Å². The normalized spacial score (nSPS) is 15.8. The minimum atomic E-state index is -0.461. The lowest BCUT2D eigenvalue weighted by atomic mass is 9.75. The summed E-state index contributed by atoms with van der Waals surface area (Å²) < 4.78 is 0. The number of amides is 2. The quantitative estimate of drug-likeness (QED) is 0.588. The Morgan fingerprint density at radius 2 is 1.55 bits per heavy atom. The van der Waals surface area contributed by atoms with E-state index in [-0.39, 0.29) is 19.3 Å². The molecule has 0 aromatic rings. The SMILES string of the molecule is CCC(C)(C)CC(C)(C)C.O=CON1C(=O)CCC1=O. The first kappa shape index (κ1) is 18.6. The molecule has 5 heteroatoms. The number of carbonyl (C=O) groups excluding carboxylic acids is 3. The summed E-state index contributed by atoms with van der Waals surface area (Å²) in [5.74, 6) is -0.922. The van der Waals surface area contributed by atoms with Crippen LogP contribution in [-0.2, 0) is 19.2 Å². The second-order valence-electron chi connectivity index (χ2n) is 7.04. The van der Waals surface area contributed by atoms with Crippen LogP contribution in [-0.4, -0.2) is 23.3 Å². The van der Waals surface area contributed by atoms with E-state index in [0.29, 0.717) is 15.9 Å². The summed E-state index contributed by atoms with van der Waals surface area (Å²) in [4.78, 5) is 35.0. The van der Waals surface area contributed by atoms with E-state index in [2.05, 4.69) is 46.4 Å². The fourth-order valence-corrected chi connectivity index (χ4v) is 2.28. The molecule has 2 amide bonds. The first-order valence-electron chi connectivity index (χ1n) is 6.98. The maximum absolute atomic E-state index is 10.6. The lowest BCUT2D eigenvalue weighted by Crippen LogP contribution is -2.28. The van der Waals surface area contributed by atoms with Crippen molar-refractivity contribution < 1.29 is 19.2 Å². The van der Waals surface area contributed by atoms with Gasteiger partial charge < -0.3 is 4.84 Å². The molecule has 0 aromatic heterocycles. The number of hydroxylamine groups is 2. The molecule has 0 saturated carbocycles. The number of hydrogen-bond donors (Lipinski definition) is 0. The minimum Gasteiger partial charge on any atom is -0.334 e. The van der Waals surface area contributed by atoms with Gasteiger partial charge in [-0.25, -0.2) is 0 Å². The summed E-state index contributed by atoms with van der Waals surface area (Å²) in [5.41, 5.74) is 1.01. The van der Waals surface area contributed by atoms with Gasteiger partial charge in [-0.2, -0.15) is 0 Å². The molecule has 0 radical (unpaired) electrons. The standard InChI is InChI=1S/C10H22.C5H5NO4/c1-7-10(5,6)8-9(2,3)4;7-3-10-6-4(8)1-2-5(6)9/h7-8H2,1-6H3;3H,1-2H2. The van der Waals surface area contributed by atoms with E-state index in [0.717, 1.165) is 0 Å². The van der Waals surface area contributed by atoms with Gasteiger partial charge >= 0.3 is 6.47 Å². The zero-order chi connectivity index (χ0) is 16.0. The number of rotatable bonds is 4. The van der Waals surface area contributed by atoms with Gasteiger partial charge in [0, 0.05) is 12.8 Å². The van der Waals surface area contributed by atoms with E-state index >= 15 is 0 Å². The molecular weight excluding hydrogens is 258 g/mol. The van der Waals surface area contributed by atoms with Crippen LogP contribution in [0.15, 0.2) is 0 Å². The molecule has 5 nitrogen and oxygen atoms in total. The summed E-state index contributed by atoms with van der Waals surface area (Å²) in [5, 5.41) is 0.479. The van der Waals surface area contributed by atoms with Crippen molar-refractivity contribution in [3.63, 3.8) is 0 Å². The van der Waals surface area contributed by atoms with Crippen LogP contribution < -0.4 is 0 Å². The molecule has 20 heavy (non-hydrogen) atoms. The molecule has 1 rings (SSSR count). The van der Waals surface area contributed by atoms with Crippen molar-refractivity contribution >= 4 is 18.3 Å². The van der Waals surface area contributed by atoms with Crippen LogP contribution in [0.5, 0.6) is 0 Å². The van der Waals surface area contributed by atoms with Crippen molar-refractivity contribution in [1.82, 2.24) is 5.06 Å². The lowest BCUT2D eigenvalue weighted by Gasteiger charge is -2.31. The van der Waals surface area contributed by atoms with Crippen molar-refractivity contribution in [1.29, 1.82) is 0 Å². The van der Waals surface area contributed by atoms with Crippen molar-refractivity contribution in [3.05, 3.63) is 0 Å².